The Morgan fingerprint density at radius 3 is 2.00 bits per heavy atom. The summed E-state index contributed by atoms with van der Waals surface area (Å²) >= 11 is 0. The van der Waals surface area contributed by atoms with Crippen molar-refractivity contribution >= 4 is 30.1 Å². The summed E-state index contributed by atoms with van der Waals surface area (Å²) in [5.74, 6) is -0.284. The van der Waals surface area contributed by atoms with E-state index in [2.05, 4.69) is 5.32 Å². The van der Waals surface area contributed by atoms with Crippen molar-refractivity contribution in [1.29, 1.82) is 0 Å². The first-order valence-electron chi connectivity index (χ1n) is 10.7. The molecule has 2 aliphatic heterocycles. The lowest BCUT2D eigenvalue weighted by Crippen LogP contribution is -2.51. The minimum atomic E-state index is -0.210. The Hall–Kier alpha value is -1.34. The van der Waals surface area contributed by atoms with Gasteiger partial charge in [-0.05, 0) is 38.5 Å². The molecule has 1 saturated carbocycles. The summed E-state index contributed by atoms with van der Waals surface area (Å²) in [5.41, 5.74) is 5.46. The number of rotatable bonds is 5. The molecule has 0 bridgehead atoms. The van der Waals surface area contributed by atoms with Gasteiger partial charge in [-0.1, -0.05) is 12.8 Å². The summed E-state index contributed by atoms with van der Waals surface area (Å²) in [6, 6.07) is 0. The van der Waals surface area contributed by atoms with Gasteiger partial charge < -0.3 is 20.9 Å². The van der Waals surface area contributed by atoms with Crippen LogP contribution in [0.4, 0.5) is 0 Å². The highest BCUT2D eigenvalue weighted by molar-refractivity contribution is 5.88. The molecule has 3 unspecified atom stereocenters. The molecule has 3 aliphatic rings. The highest BCUT2D eigenvalue weighted by Gasteiger charge is 2.41. The van der Waals surface area contributed by atoms with Crippen LogP contribution in [0.5, 0.6) is 0 Å². The minimum absolute atomic E-state index is 0. The van der Waals surface area contributed by atoms with Gasteiger partial charge in [-0.2, -0.15) is 0 Å². The van der Waals surface area contributed by atoms with E-state index in [-0.39, 0.29) is 47.9 Å². The molecule has 0 radical (unpaired) electrons. The Morgan fingerprint density at radius 2 is 1.39 bits per heavy atom. The number of hydrogen-bond donors (Lipinski definition) is 2. The van der Waals surface area contributed by atoms with Gasteiger partial charge in [0.05, 0.1) is 5.92 Å². The van der Waals surface area contributed by atoms with Crippen molar-refractivity contribution in [2.24, 2.45) is 23.5 Å². The number of nitrogens with one attached hydrogen (secondary N) is 1. The summed E-state index contributed by atoms with van der Waals surface area (Å²) in [6.45, 7) is 3.73. The van der Waals surface area contributed by atoms with Crippen LogP contribution in [0.1, 0.15) is 51.4 Å². The molecule has 3 atom stereocenters. The molecular formula is C20H35ClN4O3. The van der Waals surface area contributed by atoms with E-state index in [1.165, 1.54) is 0 Å². The van der Waals surface area contributed by atoms with Crippen molar-refractivity contribution in [3.8, 4) is 0 Å². The number of nitrogens with two attached hydrogens (primary N) is 1. The maximum absolute atomic E-state index is 13.3. The zero-order valence-electron chi connectivity index (χ0n) is 16.7. The van der Waals surface area contributed by atoms with Gasteiger partial charge in [-0.25, -0.2) is 0 Å². The molecule has 160 valence electrons. The zero-order valence-corrected chi connectivity index (χ0v) is 17.6. The number of carbonyl (C=O) groups is 3. The summed E-state index contributed by atoms with van der Waals surface area (Å²) in [4.78, 5) is 42.3. The largest absolute Gasteiger partial charge is 0.355 e. The molecule has 3 N–H and O–H groups in total. The monoisotopic (exact) mass is 414 g/mol. The number of halogens is 1. The summed E-state index contributed by atoms with van der Waals surface area (Å²) in [6.07, 6.45) is 7.44. The fourth-order valence-electron chi connectivity index (χ4n) is 4.86. The standard InChI is InChI=1S/C20H34N4O3.ClH/c21-9-10-22-18(25)15-6-5-13-24(14-15)20(27)17-8-2-1-7-16(17)19(26)23-11-3-4-12-23;/h15-17H,1-14,21H2,(H,22,25);1H. The second-order valence-corrected chi connectivity index (χ2v) is 8.23. The van der Waals surface area contributed by atoms with Crippen molar-refractivity contribution in [2.75, 3.05) is 39.3 Å². The molecule has 3 fully saturated rings. The molecule has 0 aromatic heterocycles. The van der Waals surface area contributed by atoms with Gasteiger partial charge in [0.1, 0.15) is 0 Å². The van der Waals surface area contributed by atoms with E-state index in [0.717, 1.165) is 64.5 Å². The zero-order chi connectivity index (χ0) is 19.2. The van der Waals surface area contributed by atoms with E-state index in [9.17, 15) is 14.4 Å². The van der Waals surface area contributed by atoms with Crippen molar-refractivity contribution < 1.29 is 14.4 Å². The van der Waals surface area contributed by atoms with Gasteiger partial charge in [-0.3, -0.25) is 14.4 Å². The predicted octanol–water partition coefficient (Wildman–Crippen LogP) is 1.15. The smallest absolute Gasteiger partial charge is 0.226 e. The van der Waals surface area contributed by atoms with Crippen LogP contribution < -0.4 is 11.1 Å². The second-order valence-electron chi connectivity index (χ2n) is 8.23. The Balaban J connectivity index is 0.00000280. The molecule has 0 spiro atoms. The SMILES string of the molecule is Cl.NCCNC(=O)C1CCCN(C(=O)C2CCCCC2C(=O)N2CCCC2)C1. The van der Waals surface area contributed by atoms with Crippen LogP contribution in [0.2, 0.25) is 0 Å². The highest BCUT2D eigenvalue weighted by Crippen LogP contribution is 2.34. The van der Waals surface area contributed by atoms with Gasteiger partial charge in [0, 0.05) is 51.1 Å². The van der Waals surface area contributed by atoms with Crippen LogP contribution in [-0.2, 0) is 14.4 Å². The maximum atomic E-state index is 13.3. The van der Waals surface area contributed by atoms with Crippen LogP contribution in [-0.4, -0.2) is 66.8 Å². The fourth-order valence-corrected chi connectivity index (χ4v) is 4.86. The van der Waals surface area contributed by atoms with Gasteiger partial charge in [-0.15, -0.1) is 12.4 Å². The predicted molar refractivity (Wildman–Crippen MR) is 110 cm³/mol. The third kappa shape index (κ3) is 5.38. The Kier molecular flexibility index (Phi) is 9.02. The molecule has 2 heterocycles. The van der Waals surface area contributed by atoms with Crippen molar-refractivity contribution in [3.05, 3.63) is 0 Å². The lowest BCUT2D eigenvalue weighted by molar-refractivity contribution is -0.149. The maximum Gasteiger partial charge on any atom is 0.226 e. The van der Waals surface area contributed by atoms with Gasteiger partial charge in [0.2, 0.25) is 17.7 Å². The van der Waals surface area contributed by atoms with E-state index in [1.54, 1.807) is 0 Å². The van der Waals surface area contributed by atoms with Gasteiger partial charge in [0.25, 0.3) is 0 Å². The highest BCUT2D eigenvalue weighted by atomic mass is 35.5. The fraction of sp³-hybridized carbons (Fsp3) is 0.850. The van der Waals surface area contributed by atoms with Crippen LogP contribution in [0, 0.1) is 17.8 Å². The normalized spacial score (nSPS) is 27.8. The topological polar surface area (TPSA) is 95.7 Å². The number of nitrogens with zero attached hydrogens (tertiary/aromatic N) is 2. The Labute approximate surface area is 174 Å². The van der Waals surface area contributed by atoms with E-state index < -0.39 is 0 Å². The molecular weight excluding hydrogens is 380 g/mol. The summed E-state index contributed by atoms with van der Waals surface area (Å²) < 4.78 is 0. The van der Waals surface area contributed by atoms with Crippen LogP contribution in [0.15, 0.2) is 0 Å². The third-order valence-electron chi connectivity index (χ3n) is 6.37. The molecule has 0 aromatic carbocycles. The van der Waals surface area contributed by atoms with Crippen LogP contribution in [0.3, 0.4) is 0 Å². The van der Waals surface area contributed by atoms with Gasteiger partial charge in [0.15, 0.2) is 0 Å². The molecule has 3 rings (SSSR count). The number of carbonyl (C=O) groups excluding carboxylic acids is 3. The molecule has 8 heteroatoms. The number of likely N-dealkylation sites (tertiary alicyclic amines) is 2. The summed E-state index contributed by atoms with van der Waals surface area (Å²) in [7, 11) is 0. The second kappa shape index (κ2) is 11.0. The first-order chi connectivity index (χ1) is 13.1. The van der Waals surface area contributed by atoms with Crippen LogP contribution >= 0.6 is 12.4 Å². The Morgan fingerprint density at radius 1 is 0.821 bits per heavy atom. The lowest BCUT2D eigenvalue weighted by atomic mass is 9.77. The molecule has 2 saturated heterocycles. The molecule has 7 nitrogen and oxygen atoms in total. The molecule has 0 aromatic rings. The van der Waals surface area contributed by atoms with Crippen LogP contribution in [0.25, 0.3) is 0 Å². The summed E-state index contributed by atoms with van der Waals surface area (Å²) in [5, 5.41) is 2.84. The van der Waals surface area contributed by atoms with Crippen molar-refractivity contribution in [1.82, 2.24) is 15.1 Å². The minimum Gasteiger partial charge on any atom is -0.355 e. The lowest BCUT2D eigenvalue weighted by Gasteiger charge is -2.38. The number of amides is 3. The quantitative estimate of drug-likeness (QED) is 0.705. The first-order valence-corrected chi connectivity index (χ1v) is 10.7. The van der Waals surface area contributed by atoms with E-state index in [0.29, 0.717) is 26.2 Å². The van der Waals surface area contributed by atoms with Crippen molar-refractivity contribution in [2.45, 2.75) is 51.4 Å². The van der Waals surface area contributed by atoms with Crippen molar-refractivity contribution in [3.63, 3.8) is 0 Å². The molecule has 28 heavy (non-hydrogen) atoms. The first kappa shape index (κ1) is 22.9. The van der Waals surface area contributed by atoms with E-state index in [4.69, 9.17) is 5.73 Å². The van der Waals surface area contributed by atoms with E-state index in [1.807, 2.05) is 9.80 Å². The average molecular weight is 415 g/mol. The molecule has 1 aliphatic carbocycles. The number of hydrogen-bond acceptors (Lipinski definition) is 4. The molecule has 3 amide bonds. The number of piperidine rings is 1. The van der Waals surface area contributed by atoms with Gasteiger partial charge >= 0.3 is 0 Å². The average Bonchev–Trinajstić information content (AvgIpc) is 3.26. The Bertz CT molecular complexity index is 554. The third-order valence-corrected chi connectivity index (χ3v) is 6.37. The van der Waals surface area contributed by atoms with E-state index >= 15 is 0 Å².